The number of urea groups is 1. The number of rotatable bonds is 6. The lowest BCUT2D eigenvalue weighted by atomic mass is 10.2. The summed E-state index contributed by atoms with van der Waals surface area (Å²) in [4.78, 5) is 25.5. The molecule has 2 amide bonds. The Balaban J connectivity index is 3.90. The molecule has 0 saturated carbocycles. The number of carbonyl (C=O) groups excluding carboxylic acids is 1. The van der Waals surface area contributed by atoms with E-state index in [-0.39, 0.29) is 18.5 Å². The van der Waals surface area contributed by atoms with Crippen molar-refractivity contribution in [3.05, 3.63) is 0 Å². The lowest BCUT2D eigenvalue weighted by molar-refractivity contribution is -0.137. The number of carbonyl (C=O) groups is 2. The summed E-state index contributed by atoms with van der Waals surface area (Å²) >= 11 is 0. The van der Waals surface area contributed by atoms with Crippen molar-refractivity contribution in [2.75, 3.05) is 34.2 Å². The SMILES string of the molecule is CC(CC(=O)O)NC(=O)N(C)CCN(C)C. The predicted octanol–water partition coefficient (Wildman–Crippen LogP) is 0.0526. The summed E-state index contributed by atoms with van der Waals surface area (Å²) in [5, 5.41) is 11.2. The molecule has 0 aliphatic carbocycles. The Labute approximate surface area is 96.2 Å². The topological polar surface area (TPSA) is 72.9 Å². The molecule has 2 N–H and O–H groups in total. The minimum absolute atomic E-state index is 0.0622. The van der Waals surface area contributed by atoms with Gasteiger partial charge in [-0.2, -0.15) is 0 Å². The zero-order valence-electron chi connectivity index (χ0n) is 10.4. The molecule has 0 heterocycles. The van der Waals surface area contributed by atoms with Crippen LogP contribution in [0.1, 0.15) is 13.3 Å². The van der Waals surface area contributed by atoms with Gasteiger partial charge < -0.3 is 20.2 Å². The molecular weight excluding hydrogens is 210 g/mol. The maximum atomic E-state index is 11.6. The van der Waals surface area contributed by atoms with Crippen molar-refractivity contribution in [1.29, 1.82) is 0 Å². The second-order valence-corrected chi connectivity index (χ2v) is 4.17. The van der Waals surface area contributed by atoms with Gasteiger partial charge in [0, 0.05) is 26.2 Å². The standard InChI is InChI=1S/C10H21N3O3/c1-8(7-9(14)15)11-10(16)13(4)6-5-12(2)3/h8H,5-7H2,1-4H3,(H,11,16)(H,14,15). The van der Waals surface area contributed by atoms with E-state index >= 15 is 0 Å². The Hall–Kier alpha value is -1.30. The van der Waals surface area contributed by atoms with Crippen LogP contribution < -0.4 is 5.32 Å². The minimum atomic E-state index is -0.913. The molecule has 16 heavy (non-hydrogen) atoms. The Bertz CT molecular complexity index is 243. The second-order valence-electron chi connectivity index (χ2n) is 4.17. The molecule has 1 atom stereocenters. The van der Waals surface area contributed by atoms with E-state index in [1.54, 1.807) is 18.9 Å². The third kappa shape index (κ3) is 7.05. The van der Waals surface area contributed by atoms with Crippen LogP contribution >= 0.6 is 0 Å². The first kappa shape index (κ1) is 14.7. The normalized spacial score (nSPS) is 12.3. The number of nitrogens with one attached hydrogen (secondary N) is 1. The highest BCUT2D eigenvalue weighted by Gasteiger charge is 2.13. The van der Waals surface area contributed by atoms with Crippen LogP contribution in [0.3, 0.4) is 0 Å². The molecule has 0 saturated heterocycles. The van der Waals surface area contributed by atoms with Gasteiger partial charge in [-0.1, -0.05) is 0 Å². The lowest BCUT2D eigenvalue weighted by Gasteiger charge is -2.22. The molecule has 6 nitrogen and oxygen atoms in total. The van der Waals surface area contributed by atoms with Gasteiger partial charge in [-0.15, -0.1) is 0 Å². The average molecular weight is 231 g/mol. The molecule has 0 aromatic heterocycles. The maximum Gasteiger partial charge on any atom is 0.317 e. The summed E-state index contributed by atoms with van der Waals surface area (Å²) < 4.78 is 0. The van der Waals surface area contributed by atoms with Gasteiger partial charge in [0.25, 0.3) is 0 Å². The predicted molar refractivity (Wildman–Crippen MR) is 61.4 cm³/mol. The third-order valence-corrected chi connectivity index (χ3v) is 2.08. The zero-order chi connectivity index (χ0) is 12.7. The molecule has 1 unspecified atom stereocenters. The monoisotopic (exact) mass is 231 g/mol. The van der Waals surface area contributed by atoms with Gasteiger partial charge in [0.2, 0.25) is 0 Å². The van der Waals surface area contributed by atoms with Gasteiger partial charge >= 0.3 is 12.0 Å². The summed E-state index contributed by atoms with van der Waals surface area (Å²) in [5.41, 5.74) is 0. The van der Waals surface area contributed by atoms with Crippen LogP contribution in [-0.2, 0) is 4.79 Å². The van der Waals surface area contributed by atoms with Crippen molar-refractivity contribution in [3.63, 3.8) is 0 Å². The highest BCUT2D eigenvalue weighted by molar-refractivity contribution is 5.75. The van der Waals surface area contributed by atoms with Crippen LogP contribution in [0.5, 0.6) is 0 Å². The highest BCUT2D eigenvalue weighted by Crippen LogP contribution is 1.93. The highest BCUT2D eigenvalue weighted by atomic mass is 16.4. The van der Waals surface area contributed by atoms with Gasteiger partial charge in [-0.25, -0.2) is 4.79 Å². The van der Waals surface area contributed by atoms with Crippen LogP contribution in [0, 0.1) is 0 Å². The maximum absolute atomic E-state index is 11.6. The van der Waals surface area contributed by atoms with E-state index in [1.807, 2.05) is 19.0 Å². The van der Waals surface area contributed by atoms with E-state index in [4.69, 9.17) is 5.11 Å². The molecule has 0 aromatic carbocycles. The molecule has 0 rings (SSSR count). The fourth-order valence-corrected chi connectivity index (χ4v) is 1.09. The van der Waals surface area contributed by atoms with Crippen LogP contribution in [0.4, 0.5) is 4.79 Å². The number of hydrogen-bond acceptors (Lipinski definition) is 3. The van der Waals surface area contributed by atoms with Crippen LogP contribution in [-0.4, -0.2) is 67.2 Å². The first-order valence-electron chi connectivity index (χ1n) is 5.21. The third-order valence-electron chi connectivity index (χ3n) is 2.08. The van der Waals surface area contributed by atoms with Crippen molar-refractivity contribution < 1.29 is 14.7 Å². The van der Waals surface area contributed by atoms with Crippen molar-refractivity contribution in [3.8, 4) is 0 Å². The molecular formula is C10H21N3O3. The summed E-state index contributed by atoms with van der Waals surface area (Å²) in [6.07, 6.45) is -0.0622. The van der Waals surface area contributed by atoms with Gasteiger partial charge in [-0.05, 0) is 21.0 Å². The van der Waals surface area contributed by atoms with Crippen molar-refractivity contribution in [2.24, 2.45) is 0 Å². The fraction of sp³-hybridized carbons (Fsp3) is 0.800. The van der Waals surface area contributed by atoms with E-state index in [0.717, 1.165) is 6.54 Å². The first-order chi connectivity index (χ1) is 7.32. The number of amides is 2. The van der Waals surface area contributed by atoms with E-state index in [2.05, 4.69) is 5.32 Å². The Morgan fingerprint density at radius 2 is 1.81 bits per heavy atom. The summed E-state index contributed by atoms with van der Waals surface area (Å²) in [5.74, 6) is -0.913. The molecule has 0 spiro atoms. The minimum Gasteiger partial charge on any atom is -0.481 e. The number of likely N-dealkylation sites (N-methyl/N-ethyl adjacent to an activating group) is 2. The van der Waals surface area contributed by atoms with Crippen molar-refractivity contribution in [1.82, 2.24) is 15.1 Å². The van der Waals surface area contributed by atoms with E-state index in [1.165, 1.54) is 0 Å². The first-order valence-corrected chi connectivity index (χ1v) is 5.21. The number of carboxylic acids is 1. The number of hydrogen-bond donors (Lipinski definition) is 2. The van der Waals surface area contributed by atoms with Gasteiger partial charge in [0.1, 0.15) is 0 Å². The van der Waals surface area contributed by atoms with Crippen LogP contribution in [0.15, 0.2) is 0 Å². The largest absolute Gasteiger partial charge is 0.481 e. The second kappa shape index (κ2) is 7.05. The average Bonchev–Trinajstić information content (AvgIpc) is 2.12. The summed E-state index contributed by atoms with van der Waals surface area (Å²) in [6.45, 7) is 3.06. The molecule has 0 aliphatic rings. The quantitative estimate of drug-likeness (QED) is 0.677. The zero-order valence-corrected chi connectivity index (χ0v) is 10.4. The van der Waals surface area contributed by atoms with Gasteiger partial charge in [-0.3, -0.25) is 4.79 Å². The van der Waals surface area contributed by atoms with Crippen molar-refractivity contribution >= 4 is 12.0 Å². The Morgan fingerprint density at radius 1 is 1.25 bits per heavy atom. The molecule has 0 aliphatic heterocycles. The van der Waals surface area contributed by atoms with Crippen LogP contribution in [0.25, 0.3) is 0 Å². The van der Waals surface area contributed by atoms with E-state index in [0.29, 0.717) is 6.54 Å². The molecule has 0 radical (unpaired) electrons. The van der Waals surface area contributed by atoms with Gasteiger partial charge in [0.15, 0.2) is 0 Å². The molecule has 94 valence electrons. The fourth-order valence-electron chi connectivity index (χ4n) is 1.09. The van der Waals surface area contributed by atoms with Crippen molar-refractivity contribution in [2.45, 2.75) is 19.4 Å². The molecule has 0 fully saturated rings. The number of carboxylic acid groups (broad SMARTS) is 1. The van der Waals surface area contributed by atoms with Crippen LogP contribution in [0.2, 0.25) is 0 Å². The summed E-state index contributed by atoms with van der Waals surface area (Å²) in [6, 6.07) is -0.595. The summed E-state index contributed by atoms with van der Waals surface area (Å²) in [7, 11) is 5.55. The molecule has 0 bridgehead atoms. The number of nitrogens with zero attached hydrogens (tertiary/aromatic N) is 2. The molecule has 6 heteroatoms. The Morgan fingerprint density at radius 3 is 2.25 bits per heavy atom. The number of aliphatic carboxylic acids is 1. The Kier molecular flexibility index (Phi) is 6.48. The van der Waals surface area contributed by atoms with E-state index < -0.39 is 5.97 Å². The molecule has 0 aromatic rings. The van der Waals surface area contributed by atoms with E-state index in [9.17, 15) is 9.59 Å². The lowest BCUT2D eigenvalue weighted by Crippen LogP contribution is -2.44. The van der Waals surface area contributed by atoms with Gasteiger partial charge in [0.05, 0.1) is 6.42 Å². The smallest absolute Gasteiger partial charge is 0.317 e.